The Morgan fingerprint density at radius 1 is 0.972 bits per heavy atom. The molecular weight excluding hydrogens is 446 g/mol. The molecule has 5 rings (SSSR count). The van der Waals surface area contributed by atoms with Crippen LogP contribution >= 0.6 is 0 Å². The number of fused-ring (bicyclic) bond motifs is 7. The molecule has 4 heteroatoms. The van der Waals surface area contributed by atoms with Gasteiger partial charge in [0.05, 0.1) is 5.70 Å². The third-order valence-corrected chi connectivity index (χ3v) is 13.2. The second kappa shape index (κ2) is 8.04. The maximum atomic E-state index is 13.5. The van der Waals surface area contributed by atoms with E-state index in [2.05, 4.69) is 59.5 Å². The largest absolute Gasteiger partial charge is 0.396 e. The normalized spacial score (nSPS) is 49.2. The number of carbonyl (C=O) groups excluding carboxylic acids is 2. The minimum absolute atomic E-state index is 0.0653. The van der Waals surface area contributed by atoms with E-state index in [-0.39, 0.29) is 39.3 Å². The molecule has 0 saturated heterocycles. The molecule has 0 bridgehead atoms. The molecule has 0 aliphatic heterocycles. The van der Waals surface area contributed by atoms with Crippen molar-refractivity contribution in [3.8, 4) is 0 Å². The van der Waals surface area contributed by atoms with E-state index in [1.54, 1.807) is 0 Å². The standard InChI is InChI=1S/C32H49NO3/c1-19(2)21-11-14-32(18-34)16-15-30(7)22(26(21)32)9-10-25-29(6)17-23(33-20(3)35)27(36)28(4,5)24(29)12-13-31(25,30)8/h17,21-22,24-26,34H,1,9-16,18H2,2-8H3,(H,33,35)/t21-,22+,24-,25+,26+,29-,30+,31+,32+/m0/s1. The maximum absolute atomic E-state index is 13.5. The average molecular weight is 496 g/mol. The predicted molar refractivity (Wildman–Crippen MR) is 144 cm³/mol. The first kappa shape index (κ1) is 26.2. The van der Waals surface area contributed by atoms with Gasteiger partial charge in [0.15, 0.2) is 5.78 Å². The van der Waals surface area contributed by atoms with Crippen LogP contribution in [-0.4, -0.2) is 23.4 Å². The van der Waals surface area contributed by atoms with Gasteiger partial charge in [-0.2, -0.15) is 0 Å². The van der Waals surface area contributed by atoms with Crippen molar-refractivity contribution >= 4 is 11.7 Å². The molecule has 1 amide bonds. The summed E-state index contributed by atoms with van der Waals surface area (Å²) in [5.41, 5.74) is 1.61. The van der Waals surface area contributed by atoms with Gasteiger partial charge in [-0.25, -0.2) is 0 Å². The van der Waals surface area contributed by atoms with E-state index >= 15 is 0 Å². The quantitative estimate of drug-likeness (QED) is 0.443. The van der Waals surface area contributed by atoms with E-state index in [1.807, 2.05) is 0 Å². The van der Waals surface area contributed by atoms with Crippen LogP contribution in [0.1, 0.15) is 99.8 Å². The zero-order chi connectivity index (χ0) is 26.5. The molecule has 0 spiro atoms. The number of allylic oxidation sites excluding steroid dienone is 3. The fourth-order valence-corrected chi connectivity index (χ4v) is 11.4. The molecule has 5 aliphatic carbocycles. The highest BCUT2D eigenvalue weighted by Crippen LogP contribution is 2.76. The highest BCUT2D eigenvalue weighted by molar-refractivity contribution is 6.03. The van der Waals surface area contributed by atoms with Crippen molar-refractivity contribution in [2.75, 3.05) is 6.61 Å². The van der Waals surface area contributed by atoms with Gasteiger partial charge in [-0.05, 0) is 110 Å². The number of hydrogen-bond acceptors (Lipinski definition) is 3. The molecule has 0 unspecified atom stereocenters. The molecule has 200 valence electrons. The van der Waals surface area contributed by atoms with Crippen LogP contribution in [0, 0.1) is 56.7 Å². The molecular formula is C32H49NO3. The Balaban J connectivity index is 1.60. The number of aliphatic hydroxyl groups is 1. The third kappa shape index (κ3) is 3.15. The Bertz CT molecular complexity index is 1030. The lowest BCUT2D eigenvalue weighted by atomic mass is 9.33. The molecule has 0 heterocycles. The van der Waals surface area contributed by atoms with Crippen LogP contribution in [0.4, 0.5) is 0 Å². The number of aliphatic hydroxyl groups excluding tert-OH is 1. The number of amides is 1. The Labute approximate surface area is 218 Å². The molecule has 4 saturated carbocycles. The zero-order valence-electron chi connectivity index (χ0n) is 23.8. The first-order chi connectivity index (χ1) is 16.7. The van der Waals surface area contributed by atoms with Crippen molar-refractivity contribution in [3.63, 3.8) is 0 Å². The Morgan fingerprint density at radius 2 is 1.67 bits per heavy atom. The number of carbonyl (C=O) groups is 2. The van der Waals surface area contributed by atoms with Crippen molar-refractivity contribution in [2.24, 2.45) is 56.7 Å². The van der Waals surface area contributed by atoms with Crippen LogP contribution in [0.15, 0.2) is 23.9 Å². The molecule has 0 radical (unpaired) electrons. The van der Waals surface area contributed by atoms with Crippen molar-refractivity contribution in [1.82, 2.24) is 5.32 Å². The second-order valence-corrected chi connectivity index (χ2v) is 14.9. The number of hydrogen-bond donors (Lipinski definition) is 2. The average Bonchev–Trinajstić information content (AvgIpc) is 3.18. The molecule has 5 aliphatic rings. The number of rotatable bonds is 3. The molecule has 4 nitrogen and oxygen atoms in total. The van der Waals surface area contributed by atoms with E-state index in [4.69, 9.17) is 0 Å². The van der Waals surface area contributed by atoms with Crippen molar-refractivity contribution in [2.45, 2.75) is 99.8 Å². The van der Waals surface area contributed by atoms with Crippen molar-refractivity contribution < 1.29 is 14.7 Å². The summed E-state index contributed by atoms with van der Waals surface area (Å²) in [7, 11) is 0. The van der Waals surface area contributed by atoms with Gasteiger partial charge in [0.2, 0.25) is 5.91 Å². The van der Waals surface area contributed by atoms with Crippen LogP contribution in [0.25, 0.3) is 0 Å². The summed E-state index contributed by atoms with van der Waals surface area (Å²) in [4.78, 5) is 25.5. The van der Waals surface area contributed by atoms with Gasteiger partial charge in [-0.3, -0.25) is 9.59 Å². The molecule has 0 aromatic rings. The summed E-state index contributed by atoms with van der Waals surface area (Å²) in [5, 5.41) is 13.6. The number of Topliss-reactive ketones (excluding diaryl/α,β-unsaturated/α-hetero) is 1. The lowest BCUT2D eigenvalue weighted by molar-refractivity contribution is -0.221. The van der Waals surface area contributed by atoms with Gasteiger partial charge in [0.1, 0.15) is 0 Å². The number of ketones is 1. The monoisotopic (exact) mass is 495 g/mol. The van der Waals surface area contributed by atoms with Crippen LogP contribution in [0.5, 0.6) is 0 Å². The molecule has 2 N–H and O–H groups in total. The third-order valence-electron chi connectivity index (χ3n) is 13.2. The molecule has 4 fully saturated rings. The lowest BCUT2D eigenvalue weighted by Gasteiger charge is -2.71. The highest BCUT2D eigenvalue weighted by atomic mass is 16.3. The Kier molecular flexibility index (Phi) is 5.85. The van der Waals surface area contributed by atoms with E-state index in [9.17, 15) is 14.7 Å². The summed E-state index contributed by atoms with van der Waals surface area (Å²) in [5.74, 6) is 2.31. The molecule has 0 aromatic carbocycles. The summed E-state index contributed by atoms with van der Waals surface area (Å²) in [6, 6.07) is 0. The van der Waals surface area contributed by atoms with E-state index in [1.165, 1.54) is 31.8 Å². The van der Waals surface area contributed by atoms with E-state index in [0.717, 1.165) is 32.1 Å². The van der Waals surface area contributed by atoms with Crippen molar-refractivity contribution in [3.05, 3.63) is 23.9 Å². The summed E-state index contributed by atoms with van der Waals surface area (Å²) >= 11 is 0. The SMILES string of the molecule is C=C(C)[C@@H]1CC[C@]2(CO)CC[C@]3(C)[C@H](CC[C@@H]4[C@@]5(C)C=C(NC(C)=O)C(=O)C(C)(C)[C@@H]5CC[C@]43C)[C@@H]12. The summed E-state index contributed by atoms with van der Waals surface area (Å²) < 4.78 is 0. The van der Waals surface area contributed by atoms with E-state index < -0.39 is 5.41 Å². The minimum atomic E-state index is -0.491. The van der Waals surface area contributed by atoms with Crippen LogP contribution in [-0.2, 0) is 9.59 Å². The van der Waals surface area contributed by atoms with Crippen LogP contribution < -0.4 is 5.32 Å². The minimum Gasteiger partial charge on any atom is -0.396 e. The van der Waals surface area contributed by atoms with Gasteiger partial charge in [-0.1, -0.05) is 52.8 Å². The topological polar surface area (TPSA) is 66.4 Å². The zero-order valence-corrected chi connectivity index (χ0v) is 23.8. The molecule has 0 aromatic heterocycles. The van der Waals surface area contributed by atoms with Crippen molar-refractivity contribution in [1.29, 1.82) is 0 Å². The number of nitrogens with one attached hydrogen (secondary N) is 1. The summed E-state index contributed by atoms with van der Waals surface area (Å²) in [6.07, 6.45) is 11.3. The first-order valence-electron chi connectivity index (χ1n) is 14.5. The van der Waals surface area contributed by atoms with Crippen LogP contribution in [0.3, 0.4) is 0 Å². The fraction of sp³-hybridized carbons (Fsp3) is 0.812. The Morgan fingerprint density at radius 3 is 2.28 bits per heavy atom. The highest BCUT2D eigenvalue weighted by Gasteiger charge is 2.70. The second-order valence-electron chi connectivity index (χ2n) is 14.9. The van der Waals surface area contributed by atoms with Crippen LogP contribution in [0.2, 0.25) is 0 Å². The van der Waals surface area contributed by atoms with Gasteiger partial charge in [-0.15, -0.1) is 0 Å². The molecule has 9 atom stereocenters. The van der Waals surface area contributed by atoms with Gasteiger partial charge in [0, 0.05) is 18.9 Å². The maximum Gasteiger partial charge on any atom is 0.221 e. The van der Waals surface area contributed by atoms with Gasteiger partial charge < -0.3 is 10.4 Å². The van der Waals surface area contributed by atoms with Gasteiger partial charge >= 0.3 is 0 Å². The van der Waals surface area contributed by atoms with Gasteiger partial charge in [0.25, 0.3) is 0 Å². The van der Waals surface area contributed by atoms with E-state index in [0.29, 0.717) is 36.0 Å². The fourth-order valence-electron chi connectivity index (χ4n) is 11.4. The summed E-state index contributed by atoms with van der Waals surface area (Å²) in [6.45, 7) is 20.2. The first-order valence-corrected chi connectivity index (χ1v) is 14.5. The smallest absolute Gasteiger partial charge is 0.221 e. The molecule has 36 heavy (non-hydrogen) atoms. The Hall–Kier alpha value is -1.42. The lowest BCUT2D eigenvalue weighted by Crippen LogP contribution is -2.66. The predicted octanol–water partition coefficient (Wildman–Crippen LogP) is 6.45.